The summed E-state index contributed by atoms with van der Waals surface area (Å²) >= 11 is 0. The molecule has 3 aromatic rings. The molecule has 6 nitrogen and oxygen atoms in total. The van der Waals surface area contributed by atoms with E-state index in [2.05, 4.69) is 0 Å². The highest BCUT2D eigenvalue weighted by atomic mass is 16.6. The zero-order valence-corrected chi connectivity index (χ0v) is 15.1. The minimum absolute atomic E-state index is 0.0613. The molecule has 3 rings (SSSR count). The number of benzene rings is 2. The summed E-state index contributed by atoms with van der Waals surface area (Å²) in [4.78, 5) is 24.4. The smallest absolute Gasteiger partial charge is 0.347 e. The SMILES string of the molecule is CCOC(=O)[C@H](CC)Oc1cc(O)c2c(=O)cc(-c3ccccc3)oc2c1. The van der Waals surface area contributed by atoms with Gasteiger partial charge in [-0.15, -0.1) is 0 Å². The third kappa shape index (κ3) is 3.95. The summed E-state index contributed by atoms with van der Waals surface area (Å²) in [5.74, 6) is -0.163. The second-order valence-corrected chi connectivity index (χ2v) is 5.92. The highest BCUT2D eigenvalue weighted by molar-refractivity contribution is 5.86. The first-order valence-electron chi connectivity index (χ1n) is 8.73. The van der Waals surface area contributed by atoms with Crippen LogP contribution in [-0.2, 0) is 9.53 Å². The van der Waals surface area contributed by atoms with Crippen LogP contribution >= 0.6 is 0 Å². The molecule has 140 valence electrons. The molecule has 0 unspecified atom stereocenters. The number of rotatable bonds is 6. The van der Waals surface area contributed by atoms with E-state index in [0.29, 0.717) is 12.2 Å². The maximum absolute atomic E-state index is 12.4. The lowest BCUT2D eigenvalue weighted by atomic mass is 10.1. The van der Waals surface area contributed by atoms with Crippen LogP contribution in [0.4, 0.5) is 0 Å². The number of fused-ring (bicyclic) bond motifs is 1. The van der Waals surface area contributed by atoms with Gasteiger partial charge in [-0.3, -0.25) is 4.79 Å². The maximum atomic E-state index is 12.4. The van der Waals surface area contributed by atoms with Gasteiger partial charge in [0, 0.05) is 23.8 Å². The van der Waals surface area contributed by atoms with Gasteiger partial charge in [-0.1, -0.05) is 37.3 Å². The van der Waals surface area contributed by atoms with E-state index >= 15 is 0 Å². The first-order valence-corrected chi connectivity index (χ1v) is 8.73. The molecular formula is C21H20O6. The van der Waals surface area contributed by atoms with E-state index in [-0.39, 0.29) is 34.5 Å². The van der Waals surface area contributed by atoms with Gasteiger partial charge in [-0.25, -0.2) is 4.79 Å². The molecule has 2 aromatic carbocycles. The molecule has 0 saturated carbocycles. The fourth-order valence-electron chi connectivity index (χ4n) is 2.75. The average Bonchev–Trinajstić information content (AvgIpc) is 2.66. The molecule has 0 fully saturated rings. The first kappa shape index (κ1) is 18.5. The number of ether oxygens (including phenoxy) is 2. The molecule has 1 atom stereocenters. The quantitative estimate of drug-likeness (QED) is 0.665. The molecule has 0 spiro atoms. The molecule has 6 heteroatoms. The van der Waals surface area contributed by atoms with Gasteiger partial charge in [0.05, 0.1) is 6.61 Å². The summed E-state index contributed by atoms with van der Waals surface area (Å²) in [7, 11) is 0. The minimum atomic E-state index is -0.814. The molecular weight excluding hydrogens is 348 g/mol. The van der Waals surface area contributed by atoms with Crippen molar-refractivity contribution in [3.8, 4) is 22.8 Å². The lowest BCUT2D eigenvalue weighted by Gasteiger charge is -2.16. The normalized spacial score (nSPS) is 11.9. The van der Waals surface area contributed by atoms with Crippen molar-refractivity contribution < 1.29 is 23.8 Å². The minimum Gasteiger partial charge on any atom is -0.507 e. The van der Waals surface area contributed by atoms with Crippen molar-refractivity contribution in [2.45, 2.75) is 26.4 Å². The molecule has 0 saturated heterocycles. The molecule has 0 bridgehead atoms. The van der Waals surface area contributed by atoms with E-state index in [9.17, 15) is 14.7 Å². The number of phenolic OH excluding ortho intramolecular Hbond substituents is 1. The number of aromatic hydroxyl groups is 1. The standard InChI is InChI=1S/C21H20O6/c1-3-17(21(24)25-4-2)26-14-10-15(22)20-16(23)12-18(27-19(20)11-14)13-8-6-5-7-9-13/h5-12,17,22H,3-4H2,1-2H3/t17-/m0/s1. The summed E-state index contributed by atoms with van der Waals surface area (Å²) in [6.45, 7) is 3.75. The van der Waals surface area contributed by atoms with Crippen LogP contribution in [0.2, 0.25) is 0 Å². The number of carbonyl (C=O) groups excluding carboxylic acids is 1. The molecule has 1 N–H and O–H groups in total. The third-order valence-corrected chi connectivity index (χ3v) is 4.04. The second kappa shape index (κ2) is 7.95. The van der Waals surface area contributed by atoms with E-state index in [1.165, 1.54) is 18.2 Å². The van der Waals surface area contributed by atoms with Gasteiger partial charge in [-0.05, 0) is 13.3 Å². The van der Waals surface area contributed by atoms with Crippen LogP contribution in [-0.4, -0.2) is 23.8 Å². The lowest BCUT2D eigenvalue weighted by Crippen LogP contribution is -2.28. The number of esters is 1. The Morgan fingerprint density at radius 1 is 1.15 bits per heavy atom. The Morgan fingerprint density at radius 2 is 1.89 bits per heavy atom. The molecule has 1 heterocycles. The van der Waals surface area contributed by atoms with Gasteiger partial charge in [0.1, 0.15) is 28.2 Å². The molecule has 0 aliphatic carbocycles. The second-order valence-electron chi connectivity index (χ2n) is 5.92. The van der Waals surface area contributed by atoms with Crippen LogP contribution in [0.25, 0.3) is 22.3 Å². The Kier molecular flexibility index (Phi) is 5.45. The van der Waals surface area contributed by atoms with Gasteiger partial charge in [0.15, 0.2) is 11.5 Å². The van der Waals surface area contributed by atoms with Gasteiger partial charge >= 0.3 is 5.97 Å². The zero-order valence-electron chi connectivity index (χ0n) is 15.1. The van der Waals surface area contributed by atoms with E-state index < -0.39 is 12.1 Å². The van der Waals surface area contributed by atoms with Crippen molar-refractivity contribution in [2.24, 2.45) is 0 Å². The van der Waals surface area contributed by atoms with Crippen LogP contribution in [0.1, 0.15) is 20.3 Å². The van der Waals surface area contributed by atoms with Crippen molar-refractivity contribution in [3.63, 3.8) is 0 Å². The summed E-state index contributed by atoms with van der Waals surface area (Å²) in [5, 5.41) is 10.3. The largest absolute Gasteiger partial charge is 0.507 e. The van der Waals surface area contributed by atoms with E-state index in [4.69, 9.17) is 13.9 Å². The predicted octanol–water partition coefficient (Wildman–Crippen LogP) is 3.89. The third-order valence-electron chi connectivity index (χ3n) is 4.04. The van der Waals surface area contributed by atoms with Gasteiger partial charge in [0.25, 0.3) is 0 Å². The fourth-order valence-corrected chi connectivity index (χ4v) is 2.75. The number of phenols is 1. The van der Waals surface area contributed by atoms with Crippen molar-refractivity contribution in [3.05, 3.63) is 58.8 Å². The summed E-state index contributed by atoms with van der Waals surface area (Å²) in [6.07, 6.45) is -0.420. The average molecular weight is 368 g/mol. The zero-order chi connectivity index (χ0) is 19.4. The molecule has 0 aliphatic rings. The Bertz CT molecular complexity index is 1010. The van der Waals surface area contributed by atoms with Crippen molar-refractivity contribution in [1.29, 1.82) is 0 Å². The van der Waals surface area contributed by atoms with E-state index in [1.807, 2.05) is 30.3 Å². The Hall–Kier alpha value is -3.28. The van der Waals surface area contributed by atoms with Gasteiger partial charge < -0.3 is 19.0 Å². The van der Waals surface area contributed by atoms with Crippen LogP contribution in [0.15, 0.2) is 57.7 Å². The van der Waals surface area contributed by atoms with Crippen LogP contribution in [0.3, 0.4) is 0 Å². The van der Waals surface area contributed by atoms with Gasteiger partial charge in [-0.2, -0.15) is 0 Å². The van der Waals surface area contributed by atoms with Crippen molar-refractivity contribution >= 4 is 16.9 Å². The van der Waals surface area contributed by atoms with Gasteiger partial charge in [0.2, 0.25) is 0 Å². The van der Waals surface area contributed by atoms with Crippen LogP contribution in [0.5, 0.6) is 11.5 Å². The molecule has 0 amide bonds. The maximum Gasteiger partial charge on any atom is 0.347 e. The van der Waals surface area contributed by atoms with E-state index in [0.717, 1.165) is 5.56 Å². The first-order chi connectivity index (χ1) is 13.0. The predicted molar refractivity (Wildman–Crippen MR) is 101 cm³/mol. The van der Waals surface area contributed by atoms with Crippen molar-refractivity contribution in [1.82, 2.24) is 0 Å². The Labute approximate surface area is 156 Å². The summed E-state index contributed by atoms with van der Waals surface area (Å²) in [5.41, 5.74) is 0.548. The van der Waals surface area contributed by atoms with Crippen LogP contribution in [0, 0.1) is 0 Å². The summed E-state index contributed by atoms with van der Waals surface area (Å²) < 4.78 is 16.5. The molecule has 27 heavy (non-hydrogen) atoms. The Balaban J connectivity index is 2.04. The monoisotopic (exact) mass is 368 g/mol. The highest BCUT2D eigenvalue weighted by Crippen LogP contribution is 2.31. The van der Waals surface area contributed by atoms with Crippen molar-refractivity contribution in [2.75, 3.05) is 6.61 Å². The van der Waals surface area contributed by atoms with E-state index in [1.54, 1.807) is 13.8 Å². The fraction of sp³-hybridized carbons (Fsp3) is 0.238. The summed E-state index contributed by atoms with van der Waals surface area (Å²) in [6, 6.07) is 13.3. The van der Waals surface area contributed by atoms with Crippen LogP contribution < -0.4 is 10.2 Å². The highest BCUT2D eigenvalue weighted by Gasteiger charge is 2.21. The molecule has 0 aliphatic heterocycles. The topological polar surface area (TPSA) is 86.0 Å². The number of hydrogen-bond acceptors (Lipinski definition) is 6. The Morgan fingerprint density at radius 3 is 2.56 bits per heavy atom. The molecule has 0 radical (unpaired) electrons. The number of carbonyl (C=O) groups is 1. The lowest BCUT2D eigenvalue weighted by molar-refractivity contribution is -0.151. The molecule has 1 aromatic heterocycles. The number of hydrogen-bond donors (Lipinski definition) is 1.